The Hall–Kier alpha value is -2.09. The summed E-state index contributed by atoms with van der Waals surface area (Å²) in [5.41, 5.74) is 2.04. The van der Waals surface area contributed by atoms with Crippen molar-refractivity contribution in [2.75, 3.05) is 13.7 Å². The monoisotopic (exact) mass is 334 g/mol. The van der Waals surface area contributed by atoms with Crippen LogP contribution in [0.25, 0.3) is 0 Å². The molecule has 0 radical (unpaired) electrons. The molecule has 1 atom stereocenters. The highest BCUT2D eigenvalue weighted by atomic mass is 32.2. The van der Waals surface area contributed by atoms with Crippen molar-refractivity contribution in [1.29, 1.82) is 0 Å². The maximum Gasteiger partial charge on any atom is 0.339 e. The van der Waals surface area contributed by atoms with E-state index in [9.17, 15) is 13.6 Å². The minimum absolute atomic E-state index is 0.220. The van der Waals surface area contributed by atoms with Crippen LogP contribution < -0.4 is 0 Å². The largest absolute Gasteiger partial charge is 0.465 e. The molecular weight excluding hydrogens is 316 g/mol. The lowest BCUT2D eigenvalue weighted by Crippen LogP contribution is -2.28. The second-order valence-electron chi connectivity index (χ2n) is 4.86. The second kappa shape index (κ2) is 8.52. The van der Waals surface area contributed by atoms with Gasteiger partial charge in [0, 0.05) is 12.7 Å². The van der Waals surface area contributed by atoms with E-state index in [0.29, 0.717) is 24.2 Å². The van der Waals surface area contributed by atoms with Crippen LogP contribution in [0.1, 0.15) is 21.6 Å². The lowest BCUT2D eigenvalue weighted by molar-refractivity contribution is 0.0600. The number of rotatable bonds is 7. The number of esters is 1. The normalized spacial score (nSPS) is 12.1. The molecule has 1 aromatic carbocycles. The van der Waals surface area contributed by atoms with Gasteiger partial charge in [0.05, 0.1) is 24.9 Å². The van der Waals surface area contributed by atoms with Crippen LogP contribution in [0.4, 0.5) is 0 Å². The number of aromatic nitrogens is 1. The van der Waals surface area contributed by atoms with Gasteiger partial charge in [0.15, 0.2) is 0 Å². The van der Waals surface area contributed by atoms with Gasteiger partial charge in [0.25, 0.3) is 0 Å². The van der Waals surface area contributed by atoms with Crippen LogP contribution in [-0.4, -0.2) is 37.7 Å². The van der Waals surface area contributed by atoms with Gasteiger partial charge in [-0.1, -0.05) is 30.3 Å². The zero-order chi connectivity index (χ0) is 16.7. The van der Waals surface area contributed by atoms with Gasteiger partial charge in [-0.2, -0.15) is 4.31 Å². The zero-order valence-electron chi connectivity index (χ0n) is 12.7. The maximum absolute atomic E-state index is 11.5. The van der Waals surface area contributed by atoms with Crippen LogP contribution in [0, 0.1) is 0 Å². The number of methoxy groups -OCH3 is 1. The van der Waals surface area contributed by atoms with Crippen molar-refractivity contribution in [3.8, 4) is 0 Å². The Labute approximate surface area is 137 Å². The van der Waals surface area contributed by atoms with Gasteiger partial charge in [-0.15, -0.1) is 0 Å². The molecule has 1 unspecified atom stereocenters. The van der Waals surface area contributed by atoms with Gasteiger partial charge < -0.3 is 4.74 Å². The molecule has 2 rings (SSSR count). The second-order valence-corrected chi connectivity index (χ2v) is 5.84. The summed E-state index contributed by atoms with van der Waals surface area (Å²) in [5.74, 6) is -0.462. The molecule has 0 saturated heterocycles. The van der Waals surface area contributed by atoms with Gasteiger partial charge in [-0.05, 0) is 24.1 Å². The van der Waals surface area contributed by atoms with Gasteiger partial charge >= 0.3 is 5.97 Å². The molecule has 0 fully saturated rings. The molecule has 1 N–H and O–H groups in total. The Morgan fingerprint density at radius 2 is 2.00 bits per heavy atom. The molecular formula is C16H18N2O4S. The van der Waals surface area contributed by atoms with Gasteiger partial charge in [0.2, 0.25) is 11.3 Å². The van der Waals surface area contributed by atoms with E-state index in [-0.39, 0.29) is 6.54 Å². The molecule has 0 saturated carbocycles. The Morgan fingerprint density at radius 1 is 1.26 bits per heavy atom. The van der Waals surface area contributed by atoms with Crippen molar-refractivity contribution in [1.82, 2.24) is 9.29 Å². The summed E-state index contributed by atoms with van der Waals surface area (Å²) in [4.78, 5) is 15.5. The summed E-state index contributed by atoms with van der Waals surface area (Å²) in [6.45, 7) is 0.644. The summed E-state index contributed by atoms with van der Waals surface area (Å²) in [5, 5.41) is 0. The highest BCUT2D eigenvalue weighted by Gasteiger charge is 2.13. The first-order chi connectivity index (χ1) is 11.1. The summed E-state index contributed by atoms with van der Waals surface area (Å²) in [6.07, 6.45) is 2.06. The lowest BCUT2D eigenvalue weighted by atomic mass is 10.1. The number of benzene rings is 1. The van der Waals surface area contributed by atoms with Crippen molar-refractivity contribution in [2.24, 2.45) is 0 Å². The number of carbonyl (C=O) groups is 1. The molecule has 122 valence electrons. The number of hydrogen-bond acceptors (Lipinski definition) is 4. The Kier molecular flexibility index (Phi) is 6.40. The molecule has 0 bridgehead atoms. The van der Waals surface area contributed by atoms with Crippen molar-refractivity contribution in [3.63, 3.8) is 0 Å². The first-order valence-corrected chi connectivity index (χ1v) is 8.09. The summed E-state index contributed by atoms with van der Waals surface area (Å²) >= 11 is -2.09. The highest BCUT2D eigenvalue weighted by Crippen LogP contribution is 2.08. The molecule has 0 amide bonds. The van der Waals surface area contributed by atoms with E-state index in [4.69, 9.17) is 0 Å². The third-order valence-electron chi connectivity index (χ3n) is 3.30. The Balaban J connectivity index is 1.99. The van der Waals surface area contributed by atoms with Crippen molar-refractivity contribution >= 4 is 17.2 Å². The summed E-state index contributed by atoms with van der Waals surface area (Å²) < 4.78 is 26.9. The van der Waals surface area contributed by atoms with Crippen LogP contribution in [0.15, 0.2) is 48.7 Å². The van der Waals surface area contributed by atoms with Crippen molar-refractivity contribution in [2.45, 2.75) is 13.0 Å². The minimum Gasteiger partial charge on any atom is -0.465 e. The fourth-order valence-corrected chi connectivity index (χ4v) is 2.54. The average Bonchev–Trinajstić information content (AvgIpc) is 2.59. The van der Waals surface area contributed by atoms with E-state index < -0.39 is 17.2 Å². The topological polar surface area (TPSA) is 79.7 Å². The number of nitrogens with zero attached hydrogens (tertiary/aromatic N) is 2. The smallest absolute Gasteiger partial charge is 0.339 e. The molecule has 6 nitrogen and oxygen atoms in total. The van der Waals surface area contributed by atoms with Gasteiger partial charge in [-0.3, -0.25) is 9.54 Å². The van der Waals surface area contributed by atoms with Gasteiger partial charge in [-0.25, -0.2) is 9.00 Å². The number of carbonyl (C=O) groups excluding carboxylic acids is 1. The van der Waals surface area contributed by atoms with Gasteiger partial charge in [0.1, 0.15) is 0 Å². The molecule has 0 spiro atoms. The predicted molar refractivity (Wildman–Crippen MR) is 86.9 cm³/mol. The first-order valence-electron chi connectivity index (χ1n) is 7.03. The van der Waals surface area contributed by atoms with E-state index in [1.165, 1.54) is 17.6 Å². The van der Waals surface area contributed by atoms with Crippen LogP contribution in [0.3, 0.4) is 0 Å². The first kappa shape index (κ1) is 17.3. The van der Waals surface area contributed by atoms with E-state index in [0.717, 1.165) is 5.56 Å². The SMILES string of the molecule is COC(=O)c1ccc(CN(CCc2ccccc2)S(=O)O)nc1. The molecule has 0 aliphatic carbocycles. The van der Waals surface area contributed by atoms with Crippen LogP contribution in [0.2, 0.25) is 0 Å². The fourth-order valence-electron chi connectivity index (χ4n) is 2.05. The minimum atomic E-state index is -2.09. The van der Waals surface area contributed by atoms with E-state index in [1.807, 2.05) is 30.3 Å². The zero-order valence-corrected chi connectivity index (χ0v) is 13.5. The van der Waals surface area contributed by atoms with E-state index >= 15 is 0 Å². The highest BCUT2D eigenvalue weighted by molar-refractivity contribution is 7.76. The summed E-state index contributed by atoms with van der Waals surface area (Å²) in [7, 11) is 1.30. The summed E-state index contributed by atoms with van der Waals surface area (Å²) in [6, 6.07) is 13.0. The number of hydrogen-bond donors (Lipinski definition) is 1. The lowest BCUT2D eigenvalue weighted by Gasteiger charge is -2.17. The number of ether oxygens (including phenoxy) is 1. The molecule has 1 aromatic heterocycles. The molecule has 2 aromatic rings. The molecule has 1 heterocycles. The van der Waals surface area contributed by atoms with Crippen LogP contribution in [-0.2, 0) is 29.0 Å². The number of pyridine rings is 1. The third-order valence-corrected chi connectivity index (χ3v) is 4.05. The molecule has 0 aliphatic heterocycles. The van der Waals surface area contributed by atoms with Crippen LogP contribution >= 0.6 is 0 Å². The molecule has 7 heteroatoms. The Bertz CT molecular complexity index is 662. The quantitative estimate of drug-likeness (QED) is 0.619. The van der Waals surface area contributed by atoms with E-state index in [1.54, 1.807) is 12.1 Å². The predicted octanol–water partition coefficient (Wildman–Crippen LogP) is 2.05. The maximum atomic E-state index is 11.5. The fraction of sp³-hybridized carbons (Fsp3) is 0.250. The third kappa shape index (κ3) is 5.24. The van der Waals surface area contributed by atoms with Crippen molar-refractivity contribution in [3.05, 3.63) is 65.5 Å². The van der Waals surface area contributed by atoms with Crippen LogP contribution in [0.5, 0.6) is 0 Å². The standard InChI is InChI=1S/C16H18N2O4S/c1-22-16(19)14-7-8-15(17-11-14)12-18(23(20)21)10-9-13-5-3-2-4-6-13/h2-8,11H,9-10,12H2,1H3,(H,20,21). The molecule has 23 heavy (non-hydrogen) atoms. The van der Waals surface area contributed by atoms with E-state index in [2.05, 4.69) is 9.72 Å². The Morgan fingerprint density at radius 3 is 2.57 bits per heavy atom. The molecule has 0 aliphatic rings. The average molecular weight is 334 g/mol. The van der Waals surface area contributed by atoms with Crippen molar-refractivity contribution < 1.29 is 18.3 Å².